The zero-order valence-corrected chi connectivity index (χ0v) is 19.4. The van der Waals surface area contributed by atoms with Crippen LogP contribution in [0.5, 0.6) is 0 Å². The molecule has 1 fully saturated rings. The second kappa shape index (κ2) is 9.09. The predicted molar refractivity (Wildman–Crippen MR) is 124 cm³/mol. The summed E-state index contributed by atoms with van der Waals surface area (Å²) in [5.74, 6) is -0.167. The average molecular weight is 488 g/mol. The third-order valence-electron chi connectivity index (χ3n) is 6.20. The third-order valence-corrected chi connectivity index (χ3v) is 6.69. The van der Waals surface area contributed by atoms with Crippen LogP contribution in [0.4, 0.5) is 4.39 Å². The molecule has 0 saturated carbocycles. The van der Waals surface area contributed by atoms with Crippen LogP contribution in [0.1, 0.15) is 48.1 Å². The molecule has 1 aliphatic rings. The van der Waals surface area contributed by atoms with Crippen molar-refractivity contribution in [2.75, 3.05) is 19.6 Å². The zero-order valence-electron chi connectivity index (χ0n) is 17.8. The SMILES string of the molecule is Cc1ccc(C(=O)C[C@@H](C)CN2CCC(n3c(=O)[nH]c4cc(Br)ccc43)CC2)cc1F. The van der Waals surface area contributed by atoms with E-state index in [1.807, 2.05) is 22.8 Å². The van der Waals surface area contributed by atoms with E-state index >= 15 is 0 Å². The number of aryl methyl sites for hydroxylation is 1. The van der Waals surface area contributed by atoms with Crippen molar-refractivity contribution in [1.82, 2.24) is 14.5 Å². The molecule has 164 valence electrons. The summed E-state index contributed by atoms with van der Waals surface area (Å²) in [7, 11) is 0. The van der Waals surface area contributed by atoms with E-state index in [4.69, 9.17) is 0 Å². The highest BCUT2D eigenvalue weighted by atomic mass is 79.9. The molecular weight excluding hydrogens is 461 g/mol. The molecule has 2 aromatic carbocycles. The van der Waals surface area contributed by atoms with Gasteiger partial charge in [0.25, 0.3) is 0 Å². The van der Waals surface area contributed by atoms with Crippen LogP contribution < -0.4 is 5.69 Å². The molecule has 1 saturated heterocycles. The molecular formula is C24H27BrFN3O2. The van der Waals surface area contributed by atoms with Crippen molar-refractivity contribution >= 4 is 32.7 Å². The first-order chi connectivity index (χ1) is 14.8. The normalized spacial score (nSPS) is 16.6. The molecule has 0 spiro atoms. The highest BCUT2D eigenvalue weighted by Gasteiger charge is 2.25. The molecule has 2 heterocycles. The minimum Gasteiger partial charge on any atom is -0.305 e. The number of aromatic nitrogens is 2. The van der Waals surface area contributed by atoms with Gasteiger partial charge in [0.1, 0.15) is 5.82 Å². The Morgan fingerprint density at radius 2 is 1.97 bits per heavy atom. The van der Waals surface area contributed by atoms with Gasteiger partial charge in [0.15, 0.2) is 5.78 Å². The molecule has 1 atom stereocenters. The molecule has 5 nitrogen and oxygen atoms in total. The van der Waals surface area contributed by atoms with Crippen molar-refractivity contribution < 1.29 is 9.18 Å². The molecule has 7 heteroatoms. The van der Waals surface area contributed by atoms with Gasteiger partial charge in [0.2, 0.25) is 0 Å². The maximum atomic E-state index is 13.8. The van der Waals surface area contributed by atoms with Gasteiger partial charge < -0.3 is 9.88 Å². The summed E-state index contributed by atoms with van der Waals surface area (Å²) in [6, 6.07) is 10.7. The summed E-state index contributed by atoms with van der Waals surface area (Å²) in [6.45, 7) is 6.36. The van der Waals surface area contributed by atoms with E-state index < -0.39 is 0 Å². The van der Waals surface area contributed by atoms with Gasteiger partial charge in [-0.2, -0.15) is 0 Å². The topological polar surface area (TPSA) is 58.1 Å². The number of hydrogen-bond acceptors (Lipinski definition) is 3. The highest BCUT2D eigenvalue weighted by molar-refractivity contribution is 9.10. The van der Waals surface area contributed by atoms with Gasteiger partial charge in [0, 0.05) is 42.1 Å². The minimum absolute atomic E-state index is 0.0159. The van der Waals surface area contributed by atoms with Gasteiger partial charge in [-0.05, 0) is 55.5 Å². The highest BCUT2D eigenvalue weighted by Crippen LogP contribution is 2.27. The quantitative estimate of drug-likeness (QED) is 0.492. The first kappa shape index (κ1) is 22.0. The Morgan fingerprint density at radius 3 is 2.68 bits per heavy atom. The molecule has 1 N–H and O–H groups in total. The Balaban J connectivity index is 1.34. The van der Waals surface area contributed by atoms with Crippen LogP contribution in [-0.2, 0) is 0 Å². The van der Waals surface area contributed by atoms with Crippen LogP contribution in [-0.4, -0.2) is 39.9 Å². The first-order valence-corrected chi connectivity index (χ1v) is 11.5. The number of nitrogens with zero attached hydrogens (tertiary/aromatic N) is 2. The third kappa shape index (κ3) is 4.83. The molecule has 1 aliphatic heterocycles. The lowest BCUT2D eigenvalue weighted by Gasteiger charge is -2.34. The standard InChI is InChI=1S/C24H27BrFN3O2/c1-15(11-23(30)17-4-3-16(2)20(26)12-17)14-28-9-7-19(8-10-28)29-22-6-5-18(25)13-21(22)27-24(29)31/h3-6,12-13,15,19H,7-11,14H2,1-2H3,(H,27,31)/t15-/m1/s1. The van der Waals surface area contributed by atoms with Crippen molar-refractivity contribution in [3.63, 3.8) is 0 Å². The summed E-state index contributed by atoms with van der Waals surface area (Å²) in [5, 5.41) is 0. The van der Waals surface area contributed by atoms with Crippen LogP contribution in [0, 0.1) is 18.7 Å². The number of Topliss-reactive ketones (excluding diaryl/α,β-unsaturated/α-hetero) is 1. The first-order valence-electron chi connectivity index (χ1n) is 10.7. The summed E-state index contributed by atoms with van der Waals surface area (Å²) in [6.07, 6.45) is 2.19. The number of H-pyrrole nitrogens is 1. The number of imidazole rings is 1. The van der Waals surface area contributed by atoms with E-state index in [0.29, 0.717) is 17.5 Å². The fourth-order valence-electron chi connectivity index (χ4n) is 4.53. The lowest BCUT2D eigenvalue weighted by Crippen LogP contribution is -2.39. The molecule has 0 unspecified atom stereocenters. The maximum absolute atomic E-state index is 13.8. The van der Waals surface area contributed by atoms with Crippen molar-refractivity contribution in [1.29, 1.82) is 0 Å². The Bertz CT molecular complexity index is 1160. The van der Waals surface area contributed by atoms with Gasteiger partial charge in [-0.3, -0.25) is 9.36 Å². The molecule has 0 bridgehead atoms. The van der Waals surface area contributed by atoms with Gasteiger partial charge in [-0.15, -0.1) is 0 Å². The van der Waals surface area contributed by atoms with E-state index in [0.717, 1.165) is 48.0 Å². The van der Waals surface area contributed by atoms with E-state index in [-0.39, 0.29) is 29.2 Å². The number of nitrogens with one attached hydrogen (secondary N) is 1. The smallest absolute Gasteiger partial charge is 0.305 e. The number of aromatic amines is 1. The van der Waals surface area contributed by atoms with E-state index in [1.54, 1.807) is 19.1 Å². The largest absolute Gasteiger partial charge is 0.326 e. The number of likely N-dealkylation sites (tertiary alicyclic amines) is 1. The average Bonchev–Trinajstić information content (AvgIpc) is 3.05. The van der Waals surface area contributed by atoms with Gasteiger partial charge >= 0.3 is 5.69 Å². The Kier molecular flexibility index (Phi) is 6.44. The summed E-state index contributed by atoms with van der Waals surface area (Å²) in [4.78, 5) is 30.4. The van der Waals surface area contributed by atoms with E-state index in [1.165, 1.54) is 6.07 Å². The van der Waals surface area contributed by atoms with Crippen LogP contribution in [0.15, 0.2) is 45.7 Å². The summed E-state index contributed by atoms with van der Waals surface area (Å²) in [5.41, 5.74) is 2.72. The van der Waals surface area contributed by atoms with Gasteiger partial charge in [0.05, 0.1) is 11.0 Å². The number of halogens is 2. The minimum atomic E-state index is -0.333. The number of ketones is 1. The molecule has 3 aromatic rings. The van der Waals surface area contributed by atoms with Crippen LogP contribution in [0.2, 0.25) is 0 Å². The zero-order chi connectivity index (χ0) is 22.1. The van der Waals surface area contributed by atoms with Crippen molar-refractivity contribution in [2.24, 2.45) is 5.92 Å². The summed E-state index contributed by atoms with van der Waals surface area (Å²) < 4.78 is 16.6. The van der Waals surface area contributed by atoms with Gasteiger partial charge in [-0.25, -0.2) is 9.18 Å². The number of carbonyl (C=O) groups excluding carboxylic acids is 1. The molecule has 1 aromatic heterocycles. The Labute approximate surface area is 189 Å². The number of benzene rings is 2. The molecule has 0 aliphatic carbocycles. The fourth-order valence-corrected chi connectivity index (χ4v) is 4.89. The Hall–Kier alpha value is -2.25. The number of rotatable bonds is 6. The lowest BCUT2D eigenvalue weighted by atomic mass is 9.97. The molecule has 4 rings (SSSR count). The predicted octanol–water partition coefficient (Wildman–Crippen LogP) is 5.09. The van der Waals surface area contributed by atoms with E-state index in [9.17, 15) is 14.0 Å². The maximum Gasteiger partial charge on any atom is 0.326 e. The van der Waals surface area contributed by atoms with Crippen molar-refractivity contribution in [3.05, 3.63) is 68.3 Å². The van der Waals surface area contributed by atoms with Crippen LogP contribution >= 0.6 is 15.9 Å². The number of fused-ring (bicyclic) bond motifs is 1. The van der Waals surface area contributed by atoms with Crippen molar-refractivity contribution in [3.8, 4) is 0 Å². The summed E-state index contributed by atoms with van der Waals surface area (Å²) >= 11 is 3.45. The lowest BCUT2D eigenvalue weighted by molar-refractivity contribution is 0.0941. The van der Waals surface area contributed by atoms with Crippen molar-refractivity contribution in [2.45, 2.75) is 39.2 Å². The second-order valence-corrected chi connectivity index (χ2v) is 9.61. The fraction of sp³-hybridized carbons (Fsp3) is 0.417. The molecule has 0 amide bonds. The van der Waals surface area contributed by atoms with Gasteiger partial charge in [-0.1, -0.05) is 35.0 Å². The second-order valence-electron chi connectivity index (χ2n) is 8.69. The Morgan fingerprint density at radius 1 is 1.23 bits per heavy atom. The number of hydrogen-bond donors (Lipinski definition) is 1. The molecule has 0 radical (unpaired) electrons. The number of carbonyl (C=O) groups is 1. The monoisotopic (exact) mass is 487 g/mol. The number of piperidine rings is 1. The van der Waals surface area contributed by atoms with Crippen LogP contribution in [0.25, 0.3) is 11.0 Å². The van der Waals surface area contributed by atoms with Crippen LogP contribution in [0.3, 0.4) is 0 Å². The van der Waals surface area contributed by atoms with E-state index in [2.05, 4.69) is 32.7 Å². The molecule has 31 heavy (non-hydrogen) atoms.